The molecular formula is C13H18BrN3O. The van der Waals surface area contributed by atoms with Gasteiger partial charge in [0.2, 0.25) is 5.91 Å². The van der Waals surface area contributed by atoms with Crippen LogP contribution in [0.1, 0.15) is 12.5 Å². The van der Waals surface area contributed by atoms with Gasteiger partial charge < -0.3 is 15.5 Å². The van der Waals surface area contributed by atoms with Gasteiger partial charge in [-0.15, -0.1) is 0 Å². The van der Waals surface area contributed by atoms with Gasteiger partial charge in [0.15, 0.2) is 0 Å². The quantitative estimate of drug-likeness (QED) is 0.902. The Hall–Kier alpha value is -1.07. The number of halogens is 1. The predicted molar refractivity (Wildman–Crippen MR) is 76.5 cm³/mol. The van der Waals surface area contributed by atoms with E-state index in [1.54, 1.807) is 6.92 Å². The van der Waals surface area contributed by atoms with Crippen LogP contribution in [0.2, 0.25) is 0 Å². The molecule has 2 rings (SSSR count). The highest BCUT2D eigenvalue weighted by molar-refractivity contribution is 9.10. The number of nitrogens with two attached hydrogens (primary N) is 1. The van der Waals surface area contributed by atoms with Crippen LogP contribution in [0.15, 0.2) is 22.7 Å². The fourth-order valence-electron chi connectivity index (χ4n) is 2.27. The average Bonchev–Trinajstić information content (AvgIpc) is 2.39. The SMILES string of the molecule is CC(=O)N1CCN(c2cc(Br)ccc2CN)CC1. The Morgan fingerprint density at radius 2 is 2.00 bits per heavy atom. The van der Waals surface area contributed by atoms with Gasteiger partial charge >= 0.3 is 0 Å². The van der Waals surface area contributed by atoms with Crippen LogP contribution in [-0.4, -0.2) is 37.0 Å². The zero-order valence-electron chi connectivity index (χ0n) is 10.5. The lowest BCUT2D eigenvalue weighted by Crippen LogP contribution is -2.48. The maximum atomic E-state index is 11.3. The molecule has 0 unspecified atom stereocenters. The molecule has 0 bridgehead atoms. The van der Waals surface area contributed by atoms with E-state index in [1.807, 2.05) is 11.0 Å². The lowest BCUT2D eigenvalue weighted by atomic mass is 10.1. The summed E-state index contributed by atoms with van der Waals surface area (Å²) < 4.78 is 1.06. The number of nitrogens with zero attached hydrogens (tertiary/aromatic N) is 2. The van der Waals surface area contributed by atoms with Gasteiger partial charge in [-0.2, -0.15) is 0 Å². The molecule has 0 spiro atoms. The van der Waals surface area contributed by atoms with Gasteiger partial charge in [-0.1, -0.05) is 22.0 Å². The fraction of sp³-hybridized carbons (Fsp3) is 0.462. The van der Waals surface area contributed by atoms with Crippen LogP contribution in [-0.2, 0) is 11.3 Å². The number of carbonyl (C=O) groups excluding carboxylic acids is 1. The Kier molecular flexibility index (Phi) is 4.24. The molecule has 2 N–H and O–H groups in total. The van der Waals surface area contributed by atoms with E-state index in [1.165, 1.54) is 5.69 Å². The Morgan fingerprint density at radius 1 is 1.33 bits per heavy atom. The van der Waals surface area contributed by atoms with E-state index in [0.29, 0.717) is 6.54 Å². The molecule has 1 heterocycles. The third-order valence-electron chi connectivity index (χ3n) is 3.33. The Bertz CT molecular complexity index is 442. The molecule has 0 saturated carbocycles. The van der Waals surface area contributed by atoms with Crippen LogP contribution < -0.4 is 10.6 Å². The van der Waals surface area contributed by atoms with Crippen LogP contribution >= 0.6 is 15.9 Å². The number of hydrogen-bond donors (Lipinski definition) is 1. The van der Waals surface area contributed by atoms with Crippen molar-refractivity contribution in [1.29, 1.82) is 0 Å². The molecule has 1 aliphatic heterocycles. The molecule has 0 atom stereocenters. The van der Waals surface area contributed by atoms with E-state index in [4.69, 9.17) is 5.73 Å². The minimum atomic E-state index is 0.156. The highest BCUT2D eigenvalue weighted by Crippen LogP contribution is 2.26. The van der Waals surface area contributed by atoms with Crippen LogP contribution in [0.25, 0.3) is 0 Å². The minimum absolute atomic E-state index is 0.156. The fourth-order valence-corrected chi connectivity index (χ4v) is 2.62. The van der Waals surface area contributed by atoms with Crippen molar-refractivity contribution in [3.63, 3.8) is 0 Å². The second kappa shape index (κ2) is 5.71. The number of rotatable bonds is 2. The molecular weight excluding hydrogens is 294 g/mol. The lowest BCUT2D eigenvalue weighted by molar-refractivity contribution is -0.129. The van der Waals surface area contributed by atoms with Gasteiger partial charge in [-0.25, -0.2) is 0 Å². The van der Waals surface area contributed by atoms with Gasteiger partial charge in [0.1, 0.15) is 0 Å². The van der Waals surface area contributed by atoms with E-state index in [-0.39, 0.29) is 5.91 Å². The van der Waals surface area contributed by atoms with Gasteiger partial charge in [0, 0.05) is 49.8 Å². The molecule has 4 nitrogen and oxygen atoms in total. The van der Waals surface area contributed by atoms with Crippen molar-refractivity contribution >= 4 is 27.5 Å². The molecule has 0 radical (unpaired) electrons. The standard InChI is InChI=1S/C13H18BrN3O/c1-10(18)16-4-6-17(7-5-16)13-8-12(14)3-2-11(13)9-15/h2-3,8H,4-7,9,15H2,1H3. The van der Waals surface area contributed by atoms with Gasteiger partial charge in [-0.3, -0.25) is 4.79 Å². The second-order valence-corrected chi connectivity index (χ2v) is 5.39. The normalized spacial score (nSPS) is 15.9. The summed E-state index contributed by atoms with van der Waals surface area (Å²) >= 11 is 3.50. The number of piperazine rings is 1. The monoisotopic (exact) mass is 311 g/mol. The molecule has 1 saturated heterocycles. The van der Waals surface area contributed by atoms with Crippen molar-refractivity contribution < 1.29 is 4.79 Å². The Labute approximate surface area is 116 Å². The van der Waals surface area contributed by atoms with E-state index < -0.39 is 0 Å². The molecule has 1 aromatic rings. The summed E-state index contributed by atoms with van der Waals surface area (Å²) in [7, 11) is 0. The molecule has 1 aliphatic rings. The number of carbonyl (C=O) groups is 1. The Morgan fingerprint density at radius 3 is 2.56 bits per heavy atom. The zero-order chi connectivity index (χ0) is 13.1. The van der Waals surface area contributed by atoms with Crippen molar-refractivity contribution in [1.82, 2.24) is 4.90 Å². The first-order chi connectivity index (χ1) is 8.61. The van der Waals surface area contributed by atoms with E-state index in [9.17, 15) is 4.79 Å². The number of hydrogen-bond acceptors (Lipinski definition) is 3. The molecule has 18 heavy (non-hydrogen) atoms. The maximum Gasteiger partial charge on any atom is 0.219 e. The third kappa shape index (κ3) is 2.84. The van der Waals surface area contributed by atoms with Crippen molar-refractivity contribution in [2.24, 2.45) is 5.73 Å². The highest BCUT2D eigenvalue weighted by atomic mass is 79.9. The zero-order valence-corrected chi connectivity index (χ0v) is 12.1. The molecule has 1 fully saturated rings. The molecule has 98 valence electrons. The summed E-state index contributed by atoms with van der Waals surface area (Å²) in [6, 6.07) is 6.17. The van der Waals surface area contributed by atoms with Gasteiger partial charge in [-0.05, 0) is 17.7 Å². The van der Waals surface area contributed by atoms with Crippen LogP contribution in [0.4, 0.5) is 5.69 Å². The summed E-state index contributed by atoms with van der Waals surface area (Å²) in [4.78, 5) is 15.5. The van der Waals surface area contributed by atoms with Crippen LogP contribution in [0.3, 0.4) is 0 Å². The largest absolute Gasteiger partial charge is 0.368 e. The first kappa shape index (κ1) is 13.4. The summed E-state index contributed by atoms with van der Waals surface area (Å²) in [5.41, 5.74) is 8.10. The summed E-state index contributed by atoms with van der Waals surface area (Å²) in [5, 5.41) is 0. The van der Waals surface area contributed by atoms with Crippen LogP contribution in [0.5, 0.6) is 0 Å². The van der Waals surface area contributed by atoms with E-state index in [2.05, 4.69) is 33.0 Å². The molecule has 5 heteroatoms. The van der Waals surface area contributed by atoms with Gasteiger partial charge in [0.25, 0.3) is 0 Å². The maximum absolute atomic E-state index is 11.3. The molecule has 0 aromatic heterocycles. The summed E-state index contributed by atoms with van der Waals surface area (Å²) in [6.45, 7) is 5.46. The minimum Gasteiger partial charge on any atom is -0.368 e. The number of benzene rings is 1. The van der Waals surface area contributed by atoms with Crippen molar-refractivity contribution in [3.8, 4) is 0 Å². The van der Waals surface area contributed by atoms with Crippen molar-refractivity contribution in [2.45, 2.75) is 13.5 Å². The molecule has 1 aromatic carbocycles. The molecule has 1 amide bonds. The smallest absolute Gasteiger partial charge is 0.219 e. The predicted octanol–water partition coefficient (Wildman–Crippen LogP) is 1.58. The second-order valence-electron chi connectivity index (χ2n) is 4.47. The van der Waals surface area contributed by atoms with E-state index >= 15 is 0 Å². The van der Waals surface area contributed by atoms with Crippen LogP contribution in [0, 0.1) is 0 Å². The van der Waals surface area contributed by atoms with E-state index in [0.717, 1.165) is 36.2 Å². The number of anilines is 1. The van der Waals surface area contributed by atoms with Crippen molar-refractivity contribution in [2.75, 3.05) is 31.1 Å². The first-order valence-corrected chi connectivity index (χ1v) is 6.90. The Balaban J connectivity index is 2.14. The first-order valence-electron chi connectivity index (χ1n) is 6.11. The number of amides is 1. The van der Waals surface area contributed by atoms with Crippen molar-refractivity contribution in [3.05, 3.63) is 28.2 Å². The highest BCUT2D eigenvalue weighted by Gasteiger charge is 2.20. The topological polar surface area (TPSA) is 49.6 Å². The summed E-state index contributed by atoms with van der Waals surface area (Å²) in [5.74, 6) is 0.156. The molecule has 0 aliphatic carbocycles. The summed E-state index contributed by atoms with van der Waals surface area (Å²) in [6.07, 6.45) is 0. The van der Waals surface area contributed by atoms with Gasteiger partial charge in [0.05, 0.1) is 0 Å². The third-order valence-corrected chi connectivity index (χ3v) is 3.83. The lowest BCUT2D eigenvalue weighted by Gasteiger charge is -2.36. The average molecular weight is 312 g/mol.